The van der Waals surface area contributed by atoms with Crippen LogP contribution in [0.15, 0.2) is 70.2 Å². The number of amides is 2. The number of hydrogen-bond acceptors (Lipinski definition) is 7. The summed E-state index contributed by atoms with van der Waals surface area (Å²) in [6.45, 7) is 16.4. The zero-order valence-electron chi connectivity index (χ0n) is 28.2. The van der Waals surface area contributed by atoms with E-state index in [9.17, 15) is 9.59 Å². The highest BCUT2D eigenvalue weighted by atomic mass is 32.2. The smallest absolute Gasteiger partial charge is 0.237 e. The summed E-state index contributed by atoms with van der Waals surface area (Å²) in [4.78, 5) is 40.9. The van der Waals surface area contributed by atoms with Gasteiger partial charge < -0.3 is 14.7 Å². The first-order valence-corrected chi connectivity index (χ1v) is 18.1. The molecule has 0 saturated carbocycles. The second kappa shape index (κ2) is 15.2. The van der Waals surface area contributed by atoms with Gasteiger partial charge in [-0.2, -0.15) is 0 Å². The molecule has 2 aromatic carbocycles. The van der Waals surface area contributed by atoms with Gasteiger partial charge in [0.15, 0.2) is 0 Å². The van der Waals surface area contributed by atoms with Crippen LogP contribution in [0.1, 0.15) is 42.0 Å². The lowest BCUT2D eigenvalue weighted by Gasteiger charge is -2.20. The molecule has 0 aliphatic carbocycles. The summed E-state index contributed by atoms with van der Waals surface area (Å²) >= 11 is 3.33. The highest BCUT2D eigenvalue weighted by molar-refractivity contribution is 8.13. The summed E-state index contributed by atoms with van der Waals surface area (Å²) in [7, 11) is 3.85. The van der Waals surface area contributed by atoms with Crippen molar-refractivity contribution in [2.24, 2.45) is 4.99 Å². The number of likely N-dealkylation sites (N-methyl/N-ethyl adjacent to an activating group) is 1. The van der Waals surface area contributed by atoms with Crippen LogP contribution in [0.3, 0.4) is 0 Å². The van der Waals surface area contributed by atoms with E-state index in [0.29, 0.717) is 39.3 Å². The molecule has 0 unspecified atom stereocenters. The van der Waals surface area contributed by atoms with Gasteiger partial charge in [0.05, 0.1) is 31.9 Å². The monoisotopic (exact) mass is 657 g/mol. The summed E-state index contributed by atoms with van der Waals surface area (Å²) in [5.74, 6) is 0.344. The molecule has 3 aliphatic heterocycles. The first-order chi connectivity index (χ1) is 22.0. The molecule has 3 heterocycles. The minimum atomic E-state index is 0.153. The molecule has 0 aromatic heterocycles. The van der Waals surface area contributed by atoms with Crippen molar-refractivity contribution in [3.8, 4) is 11.1 Å². The predicted molar refractivity (Wildman–Crippen MR) is 196 cm³/mol. The Morgan fingerprint density at radius 1 is 0.891 bits per heavy atom. The number of rotatable bonds is 10. The van der Waals surface area contributed by atoms with Crippen molar-refractivity contribution in [3.05, 3.63) is 87.5 Å². The van der Waals surface area contributed by atoms with Gasteiger partial charge in [-0.05, 0) is 107 Å². The van der Waals surface area contributed by atoms with Gasteiger partial charge in [0.2, 0.25) is 11.8 Å². The van der Waals surface area contributed by atoms with Gasteiger partial charge in [-0.15, -0.1) is 11.8 Å². The summed E-state index contributed by atoms with van der Waals surface area (Å²) in [6.07, 6.45) is 6.53. The Labute approximate surface area is 283 Å². The first-order valence-electron chi connectivity index (χ1n) is 16.1. The lowest BCUT2D eigenvalue weighted by Crippen LogP contribution is -2.38. The molecule has 1 fully saturated rings. The Bertz CT molecular complexity index is 1600. The van der Waals surface area contributed by atoms with Crippen molar-refractivity contribution in [1.82, 2.24) is 19.6 Å². The zero-order valence-corrected chi connectivity index (χ0v) is 29.8. The molecule has 2 amide bonds. The molecule has 9 heteroatoms. The third-order valence-electron chi connectivity index (χ3n) is 9.03. The molecule has 0 radical (unpaired) electrons. The minimum Gasteiger partial charge on any atom is -0.333 e. The average Bonchev–Trinajstić information content (AvgIpc) is 3.79. The molecule has 0 atom stereocenters. The zero-order chi connectivity index (χ0) is 33.0. The molecule has 2 aromatic rings. The molecular formula is C37H47N5O2S2. The van der Waals surface area contributed by atoms with E-state index in [1.54, 1.807) is 23.5 Å². The topological polar surface area (TPSA) is 59.5 Å². The Balaban J connectivity index is 1.31. The molecular weight excluding hydrogens is 611 g/mol. The van der Waals surface area contributed by atoms with E-state index < -0.39 is 0 Å². The molecule has 7 nitrogen and oxygen atoms in total. The average molecular weight is 658 g/mol. The van der Waals surface area contributed by atoms with Crippen LogP contribution in [0.4, 0.5) is 0 Å². The van der Waals surface area contributed by atoms with Crippen LogP contribution < -0.4 is 0 Å². The van der Waals surface area contributed by atoms with E-state index in [1.165, 1.54) is 45.6 Å². The standard InChI is InChI=1S/C37H47N5O2S2/c1-25-20-42(35(43)23-39(5)6)22-34(25)46-28(4)30-12-10-13-31(26(30)2)32-14-11-15-33(27(32)3)37(45-7)38-29-16-19-41(21-29)36(44)24-40-17-8-9-18-40/h10-16H,4,8-9,17-24H2,1-3,5-7H3. The molecule has 46 heavy (non-hydrogen) atoms. The predicted octanol–water partition coefficient (Wildman–Crippen LogP) is 6.28. The highest BCUT2D eigenvalue weighted by Crippen LogP contribution is 2.41. The summed E-state index contributed by atoms with van der Waals surface area (Å²) in [5.41, 5.74) is 9.14. The Hall–Kier alpha value is -3.11. The van der Waals surface area contributed by atoms with E-state index in [-0.39, 0.29) is 11.8 Å². The first kappa shape index (κ1) is 34.2. The fraction of sp³-hybridized carbons (Fsp3) is 0.432. The van der Waals surface area contributed by atoms with Crippen LogP contribution in [-0.2, 0) is 9.59 Å². The second-order valence-electron chi connectivity index (χ2n) is 12.7. The van der Waals surface area contributed by atoms with E-state index in [0.717, 1.165) is 39.9 Å². The summed E-state index contributed by atoms with van der Waals surface area (Å²) < 4.78 is 0. The quantitative estimate of drug-likeness (QED) is 0.221. The molecule has 0 spiro atoms. The van der Waals surface area contributed by atoms with E-state index in [1.807, 2.05) is 28.8 Å². The lowest BCUT2D eigenvalue weighted by atomic mass is 9.91. The largest absolute Gasteiger partial charge is 0.333 e. The number of carbonyl (C=O) groups is 2. The van der Waals surface area contributed by atoms with E-state index in [2.05, 4.69) is 81.0 Å². The molecule has 5 rings (SSSR count). The highest BCUT2D eigenvalue weighted by Gasteiger charge is 2.26. The summed E-state index contributed by atoms with van der Waals surface area (Å²) in [5, 5.41) is 0.963. The maximum atomic E-state index is 12.9. The summed E-state index contributed by atoms with van der Waals surface area (Å²) in [6, 6.07) is 12.9. The van der Waals surface area contributed by atoms with Crippen molar-refractivity contribution < 1.29 is 9.59 Å². The number of aliphatic imine (C=N–C) groups is 1. The number of carbonyl (C=O) groups excluding carboxylic acids is 2. The van der Waals surface area contributed by atoms with Crippen LogP contribution in [-0.4, -0.2) is 109 Å². The van der Waals surface area contributed by atoms with Gasteiger partial charge in [-0.25, -0.2) is 4.99 Å². The van der Waals surface area contributed by atoms with Crippen LogP contribution >= 0.6 is 23.5 Å². The van der Waals surface area contributed by atoms with Crippen LogP contribution in [0.25, 0.3) is 16.0 Å². The van der Waals surface area contributed by atoms with Crippen LogP contribution in [0.5, 0.6) is 0 Å². The minimum absolute atomic E-state index is 0.153. The van der Waals surface area contributed by atoms with Crippen molar-refractivity contribution in [3.63, 3.8) is 0 Å². The molecule has 1 saturated heterocycles. The number of thioether (sulfide) groups is 2. The molecule has 244 valence electrons. The van der Waals surface area contributed by atoms with Gasteiger partial charge >= 0.3 is 0 Å². The van der Waals surface area contributed by atoms with Gasteiger partial charge in [-0.3, -0.25) is 14.5 Å². The fourth-order valence-corrected chi connectivity index (χ4v) is 8.12. The second-order valence-corrected chi connectivity index (χ2v) is 14.7. The molecule has 0 N–H and O–H groups in total. The third kappa shape index (κ3) is 7.88. The molecule has 3 aliphatic rings. The lowest BCUT2D eigenvalue weighted by molar-refractivity contribution is -0.131. The number of nitrogens with zero attached hydrogens (tertiary/aromatic N) is 5. The number of hydrogen-bond donors (Lipinski definition) is 0. The number of benzene rings is 2. The van der Waals surface area contributed by atoms with Crippen LogP contribution in [0, 0.1) is 13.8 Å². The Morgan fingerprint density at radius 2 is 1.54 bits per heavy atom. The van der Waals surface area contributed by atoms with E-state index in [4.69, 9.17) is 4.99 Å². The van der Waals surface area contributed by atoms with Crippen molar-refractivity contribution in [2.75, 3.05) is 72.7 Å². The van der Waals surface area contributed by atoms with Crippen molar-refractivity contribution >= 4 is 45.3 Å². The maximum Gasteiger partial charge on any atom is 0.237 e. The maximum absolute atomic E-state index is 12.9. The third-order valence-corrected chi connectivity index (χ3v) is 10.9. The Kier molecular flexibility index (Phi) is 11.3. The molecule has 0 bridgehead atoms. The van der Waals surface area contributed by atoms with Gasteiger partial charge in [0, 0.05) is 28.5 Å². The van der Waals surface area contributed by atoms with E-state index >= 15 is 0 Å². The number of likely N-dealkylation sites (tertiary alicyclic amines) is 1. The van der Waals surface area contributed by atoms with Crippen LogP contribution in [0.2, 0.25) is 0 Å². The van der Waals surface area contributed by atoms with Gasteiger partial charge in [0.1, 0.15) is 5.04 Å². The van der Waals surface area contributed by atoms with Gasteiger partial charge in [0.25, 0.3) is 0 Å². The normalized spacial score (nSPS) is 17.5. The van der Waals surface area contributed by atoms with Crippen molar-refractivity contribution in [2.45, 2.75) is 33.6 Å². The Morgan fingerprint density at radius 3 is 2.20 bits per heavy atom. The SMILES string of the molecule is C=C(SC1=C(C)CN(C(=O)CN(C)C)C1)c1cccc(-c2cccc(C(=NC3=CCN(C(=O)CN4CCCC4)C3)SC)c2C)c1C. The fourth-order valence-electron chi connectivity index (χ4n) is 6.39. The van der Waals surface area contributed by atoms with Gasteiger partial charge in [-0.1, -0.05) is 54.7 Å². The van der Waals surface area contributed by atoms with Crippen molar-refractivity contribution in [1.29, 1.82) is 0 Å².